The number of rotatable bonds is 0. The Kier molecular flexibility index (Phi) is 1.66. The van der Waals surface area contributed by atoms with Gasteiger partial charge in [0.25, 0.3) is 0 Å². The van der Waals surface area contributed by atoms with Gasteiger partial charge in [0.2, 0.25) is 5.95 Å². The Morgan fingerprint density at radius 3 is 2.92 bits per heavy atom. The first-order valence-electron chi connectivity index (χ1n) is 3.32. The van der Waals surface area contributed by atoms with E-state index in [1.54, 1.807) is 6.20 Å². The molecule has 0 fully saturated rings. The molecule has 0 unspecified atom stereocenters. The lowest BCUT2D eigenvalue weighted by Gasteiger charge is -1.97. The van der Waals surface area contributed by atoms with Gasteiger partial charge >= 0.3 is 0 Å². The van der Waals surface area contributed by atoms with Crippen LogP contribution in [0.15, 0.2) is 24.7 Å². The molecule has 0 saturated carbocycles. The molecule has 0 aliphatic rings. The summed E-state index contributed by atoms with van der Waals surface area (Å²) in [6, 6.07) is 1.29. The van der Waals surface area contributed by atoms with Gasteiger partial charge in [-0.05, 0) is 0 Å². The topological polar surface area (TPSA) is 25.8 Å². The number of pyridine rings is 2. The van der Waals surface area contributed by atoms with Gasteiger partial charge in [-0.1, -0.05) is 11.6 Å². The highest BCUT2D eigenvalue weighted by Crippen LogP contribution is 2.20. The summed E-state index contributed by atoms with van der Waals surface area (Å²) in [5.41, 5.74) is 0. The molecule has 4 heteroatoms. The maximum atomic E-state index is 12.6. The highest BCUT2D eigenvalue weighted by atomic mass is 35.5. The van der Waals surface area contributed by atoms with Gasteiger partial charge in [-0.15, -0.1) is 0 Å². The summed E-state index contributed by atoms with van der Waals surface area (Å²) in [5.74, 6) is -0.532. The molecule has 0 spiro atoms. The van der Waals surface area contributed by atoms with Crippen molar-refractivity contribution in [2.24, 2.45) is 0 Å². The number of hydrogen-bond acceptors (Lipinski definition) is 2. The summed E-state index contributed by atoms with van der Waals surface area (Å²) in [6.07, 6.45) is 4.47. The van der Waals surface area contributed by atoms with Gasteiger partial charge in [0.1, 0.15) is 0 Å². The van der Waals surface area contributed by atoms with Gasteiger partial charge in [-0.25, -0.2) is 4.98 Å². The van der Waals surface area contributed by atoms with E-state index in [4.69, 9.17) is 11.6 Å². The predicted molar refractivity (Wildman–Crippen MR) is 44.5 cm³/mol. The van der Waals surface area contributed by atoms with Gasteiger partial charge in [-0.3, -0.25) is 4.98 Å². The fraction of sp³-hybridized carbons (Fsp3) is 0. The number of aromatic nitrogens is 2. The molecule has 0 amide bonds. The van der Waals surface area contributed by atoms with E-state index in [-0.39, 0.29) is 0 Å². The van der Waals surface area contributed by atoms with Crippen molar-refractivity contribution in [1.29, 1.82) is 0 Å². The largest absolute Gasteiger partial charge is 0.262 e. The molecule has 2 heterocycles. The molecule has 2 aromatic rings. The average Bonchev–Trinajstić information content (AvgIpc) is 2.07. The van der Waals surface area contributed by atoms with Gasteiger partial charge in [0, 0.05) is 35.4 Å². The molecule has 0 atom stereocenters. The zero-order chi connectivity index (χ0) is 8.55. The van der Waals surface area contributed by atoms with Crippen LogP contribution in [0.2, 0.25) is 5.02 Å². The summed E-state index contributed by atoms with van der Waals surface area (Å²) in [4.78, 5) is 7.33. The van der Waals surface area contributed by atoms with Crippen LogP contribution < -0.4 is 0 Å². The van der Waals surface area contributed by atoms with Crippen LogP contribution in [0, 0.1) is 5.95 Å². The zero-order valence-corrected chi connectivity index (χ0v) is 6.72. The van der Waals surface area contributed by atoms with Crippen molar-refractivity contribution in [3.05, 3.63) is 35.6 Å². The molecule has 0 saturated heterocycles. The van der Waals surface area contributed by atoms with Crippen molar-refractivity contribution in [3.8, 4) is 0 Å². The Morgan fingerprint density at radius 1 is 1.25 bits per heavy atom. The summed E-state index contributed by atoms with van der Waals surface area (Å²) in [7, 11) is 0. The molecule has 2 aromatic heterocycles. The molecule has 0 aliphatic carbocycles. The minimum absolute atomic E-state index is 0.439. The maximum Gasteiger partial charge on any atom is 0.213 e. The van der Waals surface area contributed by atoms with Crippen LogP contribution in [0.25, 0.3) is 10.8 Å². The second-order valence-electron chi connectivity index (χ2n) is 2.35. The summed E-state index contributed by atoms with van der Waals surface area (Å²) >= 11 is 5.77. The monoisotopic (exact) mass is 182 g/mol. The third-order valence-electron chi connectivity index (χ3n) is 1.56. The van der Waals surface area contributed by atoms with Crippen molar-refractivity contribution in [1.82, 2.24) is 9.97 Å². The van der Waals surface area contributed by atoms with Crippen molar-refractivity contribution in [2.45, 2.75) is 0 Å². The SMILES string of the molecule is Fc1cc2c(Cl)cncc2cn1. The van der Waals surface area contributed by atoms with E-state index in [1.807, 2.05) is 0 Å². The standard InChI is InChI=1S/C8H4ClFN2/c9-7-4-11-2-5-3-12-8(10)1-6(5)7/h1-4H. The van der Waals surface area contributed by atoms with E-state index in [1.165, 1.54) is 18.5 Å². The Balaban J connectivity index is 2.88. The molecule has 0 N–H and O–H groups in total. The molecule has 0 aliphatic heterocycles. The van der Waals surface area contributed by atoms with Crippen molar-refractivity contribution >= 4 is 22.4 Å². The van der Waals surface area contributed by atoms with Crippen LogP contribution in [-0.2, 0) is 0 Å². The van der Waals surface area contributed by atoms with Crippen molar-refractivity contribution < 1.29 is 4.39 Å². The lowest BCUT2D eigenvalue weighted by atomic mass is 10.2. The zero-order valence-electron chi connectivity index (χ0n) is 5.96. The van der Waals surface area contributed by atoms with Crippen LogP contribution in [0.3, 0.4) is 0 Å². The highest BCUT2D eigenvalue weighted by Gasteiger charge is 2.00. The fourth-order valence-corrected chi connectivity index (χ4v) is 1.22. The Morgan fingerprint density at radius 2 is 2.08 bits per heavy atom. The molecule has 0 aromatic carbocycles. The number of halogens is 2. The van der Waals surface area contributed by atoms with E-state index < -0.39 is 5.95 Å². The van der Waals surface area contributed by atoms with Gasteiger partial charge in [-0.2, -0.15) is 4.39 Å². The van der Waals surface area contributed by atoms with E-state index in [0.29, 0.717) is 10.4 Å². The summed E-state index contributed by atoms with van der Waals surface area (Å²) < 4.78 is 12.6. The first kappa shape index (κ1) is 7.43. The van der Waals surface area contributed by atoms with Crippen LogP contribution in [0.4, 0.5) is 4.39 Å². The molecule has 2 rings (SSSR count). The average molecular weight is 183 g/mol. The predicted octanol–water partition coefficient (Wildman–Crippen LogP) is 2.42. The van der Waals surface area contributed by atoms with Gasteiger partial charge in [0.15, 0.2) is 0 Å². The Bertz CT molecular complexity index is 430. The Hall–Kier alpha value is -1.22. The van der Waals surface area contributed by atoms with Crippen LogP contribution in [-0.4, -0.2) is 9.97 Å². The fourth-order valence-electron chi connectivity index (χ4n) is 1.00. The Labute approximate surface area is 73.0 Å². The normalized spacial score (nSPS) is 10.5. The van der Waals surface area contributed by atoms with E-state index in [0.717, 1.165) is 5.39 Å². The second kappa shape index (κ2) is 2.68. The first-order valence-corrected chi connectivity index (χ1v) is 3.70. The first-order chi connectivity index (χ1) is 5.77. The maximum absolute atomic E-state index is 12.6. The summed E-state index contributed by atoms with van der Waals surface area (Å²) in [5, 5.41) is 1.82. The minimum atomic E-state index is -0.532. The van der Waals surface area contributed by atoms with Gasteiger partial charge < -0.3 is 0 Å². The van der Waals surface area contributed by atoms with Crippen LogP contribution in [0.1, 0.15) is 0 Å². The molecule has 60 valence electrons. The molecular weight excluding hydrogens is 179 g/mol. The third-order valence-corrected chi connectivity index (χ3v) is 1.86. The molecular formula is C8H4ClFN2. The number of fused-ring (bicyclic) bond motifs is 1. The molecule has 12 heavy (non-hydrogen) atoms. The van der Waals surface area contributed by atoms with E-state index in [9.17, 15) is 4.39 Å². The minimum Gasteiger partial charge on any atom is -0.262 e. The van der Waals surface area contributed by atoms with Crippen molar-refractivity contribution in [3.63, 3.8) is 0 Å². The number of nitrogens with zero attached hydrogens (tertiary/aromatic N) is 2. The van der Waals surface area contributed by atoms with Gasteiger partial charge in [0.05, 0.1) is 5.02 Å². The smallest absolute Gasteiger partial charge is 0.213 e. The second-order valence-corrected chi connectivity index (χ2v) is 2.76. The van der Waals surface area contributed by atoms with Crippen molar-refractivity contribution in [2.75, 3.05) is 0 Å². The molecule has 0 radical (unpaired) electrons. The van der Waals surface area contributed by atoms with Crippen LogP contribution >= 0.6 is 11.6 Å². The van der Waals surface area contributed by atoms with E-state index in [2.05, 4.69) is 9.97 Å². The molecule has 0 bridgehead atoms. The lowest BCUT2D eigenvalue weighted by molar-refractivity contribution is 0.586. The van der Waals surface area contributed by atoms with E-state index >= 15 is 0 Å². The number of hydrogen-bond donors (Lipinski definition) is 0. The lowest BCUT2D eigenvalue weighted by Crippen LogP contribution is -1.83. The molecule has 2 nitrogen and oxygen atoms in total. The highest BCUT2D eigenvalue weighted by molar-refractivity contribution is 6.35. The quantitative estimate of drug-likeness (QED) is 0.585. The third kappa shape index (κ3) is 1.12. The summed E-state index contributed by atoms with van der Waals surface area (Å²) in [6.45, 7) is 0. The van der Waals surface area contributed by atoms with Crippen LogP contribution in [0.5, 0.6) is 0 Å².